The van der Waals surface area contributed by atoms with E-state index in [0.29, 0.717) is 19.7 Å². The maximum absolute atomic E-state index is 12.0. The summed E-state index contributed by atoms with van der Waals surface area (Å²) in [6.07, 6.45) is 3.21. The summed E-state index contributed by atoms with van der Waals surface area (Å²) in [5, 5.41) is 0. The Kier molecular flexibility index (Phi) is 4.06. The highest BCUT2D eigenvalue weighted by Gasteiger charge is 2.44. The van der Waals surface area contributed by atoms with E-state index in [-0.39, 0.29) is 17.6 Å². The quantitative estimate of drug-likeness (QED) is 0.848. The van der Waals surface area contributed by atoms with Crippen molar-refractivity contribution in [3.63, 3.8) is 0 Å². The van der Waals surface area contributed by atoms with Crippen LogP contribution in [0.5, 0.6) is 0 Å². The second-order valence-corrected chi connectivity index (χ2v) is 6.83. The van der Waals surface area contributed by atoms with E-state index in [0.717, 1.165) is 13.0 Å². The SMILES string of the molecule is CC(C)(C)OC(=O)N1CCOC(CC2(CN)CC2)C1. The van der Waals surface area contributed by atoms with Crippen molar-refractivity contribution >= 4 is 6.09 Å². The molecule has 0 radical (unpaired) electrons. The highest BCUT2D eigenvalue weighted by Crippen LogP contribution is 2.49. The van der Waals surface area contributed by atoms with Crippen molar-refractivity contribution < 1.29 is 14.3 Å². The van der Waals surface area contributed by atoms with Crippen LogP contribution in [-0.2, 0) is 9.47 Å². The summed E-state index contributed by atoms with van der Waals surface area (Å²) in [7, 11) is 0. The molecule has 0 aromatic carbocycles. The molecule has 1 aliphatic heterocycles. The predicted molar refractivity (Wildman–Crippen MR) is 72.9 cm³/mol. The number of carbonyl (C=O) groups excluding carboxylic acids is 1. The van der Waals surface area contributed by atoms with Crippen LogP contribution in [0.1, 0.15) is 40.0 Å². The lowest BCUT2D eigenvalue weighted by atomic mass is 9.98. The van der Waals surface area contributed by atoms with Crippen molar-refractivity contribution in [2.45, 2.75) is 51.7 Å². The predicted octanol–water partition coefficient (Wildman–Crippen LogP) is 1.75. The maximum atomic E-state index is 12.0. The second-order valence-electron chi connectivity index (χ2n) is 6.83. The molecule has 0 aromatic heterocycles. The zero-order chi connectivity index (χ0) is 14.1. The maximum Gasteiger partial charge on any atom is 0.410 e. The smallest absolute Gasteiger partial charge is 0.410 e. The second kappa shape index (κ2) is 5.29. The Morgan fingerprint density at radius 3 is 2.68 bits per heavy atom. The van der Waals surface area contributed by atoms with Gasteiger partial charge < -0.3 is 20.1 Å². The lowest BCUT2D eigenvalue weighted by Crippen LogP contribution is -2.48. The van der Waals surface area contributed by atoms with Crippen molar-refractivity contribution in [1.82, 2.24) is 4.90 Å². The van der Waals surface area contributed by atoms with Crippen LogP contribution in [0.15, 0.2) is 0 Å². The molecule has 1 atom stereocenters. The fourth-order valence-electron chi connectivity index (χ4n) is 2.49. The Labute approximate surface area is 115 Å². The van der Waals surface area contributed by atoms with Crippen LogP contribution in [0.4, 0.5) is 4.79 Å². The zero-order valence-corrected chi connectivity index (χ0v) is 12.3. The zero-order valence-electron chi connectivity index (χ0n) is 12.3. The third-order valence-electron chi connectivity index (χ3n) is 3.84. The van der Waals surface area contributed by atoms with E-state index >= 15 is 0 Å². The van der Waals surface area contributed by atoms with Gasteiger partial charge in [-0.1, -0.05) is 0 Å². The third-order valence-corrected chi connectivity index (χ3v) is 3.84. The van der Waals surface area contributed by atoms with Crippen molar-refractivity contribution in [3.8, 4) is 0 Å². The molecule has 2 rings (SSSR count). The molecule has 1 saturated carbocycles. The molecule has 0 bridgehead atoms. The Hall–Kier alpha value is -0.810. The molecular weight excluding hydrogens is 244 g/mol. The first kappa shape index (κ1) is 14.6. The molecule has 2 fully saturated rings. The minimum absolute atomic E-state index is 0.104. The van der Waals surface area contributed by atoms with E-state index in [1.165, 1.54) is 12.8 Å². The first-order chi connectivity index (χ1) is 8.84. The summed E-state index contributed by atoms with van der Waals surface area (Å²) in [6, 6.07) is 0. The molecule has 1 saturated heterocycles. The molecule has 1 unspecified atom stereocenters. The van der Waals surface area contributed by atoms with Gasteiger partial charge >= 0.3 is 6.09 Å². The van der Waals surface area contributed by atoms with E-state index in [9.17, 15) is 4.79 Å². The number of nitrogens with zero attached hydrogens (tertiary/aromatic N) is 1. The molecule has 0 aromatic rings. The number of hydrogen-bond donors (Lipinski definition) is 1. The first-order valence-corrected chi connectivity index (χ1v) is 7.13. The standard InChI is InChI=1S/C14H26N2O3/c1-13(2,3)19-12(17)16-6-7-18-11(9-16)8-14(10-15)4-5-14/h11H,4-10,15H2,1-3H3. The first-order valence-electron chi connectivity index (χ1n) is 7.13. The highest BCUT2D eigenvalue weighted by atomic mass is 16.6. The van der Waals surface area contributed by atoms with Gasteiger partial charge in [0.2, 0.25) is 0 Å². The van der Waals surface area contributed by atoms with E-state index in [2.05, 4.69) is 0 Å². The van der Waals surface area contributed by atoms with Gasteiger partial charge in [0.25, 0.3) is 0 Å². The van der Waals surface area contributed by atoms with Gasteiger partial charge in [-0.25, -0.2) is 4.79 Å². The Morgan fingerprint density at radius 2 is 2.16 bits per heavy atom. The minimum Gasteiger partial charge on any atom is -0.444 e. The van der Waals surface area contributed by atoms with Gasteiger partial charge in [0.1, 0.15) is 5.60 Å². The molecule has 0 spiro atoms. The number of nitrogens with two attached hydrogens (primary N) is 1. The Morgan fingerprint density at radius 1 is 1.47 bits per heavy atom. The summed E-state index contributed by atoms with van der Waals surface area (Å²) in [6.45, 7) is 8.20. The van der Waals surface area contributed by atoms with Crippen molar-refractivity contribution in [2.24, 2.45) is 11.1 Å². The Balaban J connectivity index is 1.85. The third kappa shape index (κ3) is 4.08. The Bertz CT molecular complexity index is 334. The molecule has 110 valence electrons. The average Bonchev–Trinajstić information content (AvgIpc) is 3.08. The van der Waals surface area contributed by atoms with Gasteiger partial charge in [-0.05, 0) is 52.0 Å². The summed E-state index contributed by atoms with van der Waals surface area (Å²) < 4.78 is 11.2. The molecule has 2 aliphatic rings. The summed E-state index contributed by atoms with van der Waals surface area (Å²) in [4.78, 5) is 13.8. The van der Waals surface area contributed by atoms with Crippen LogP contribution < -0.4 is 5.73 Å². The molecule has 5 heteroatoms. The van der Waals surface area contributed by atoms with Gasteiger partial charge in [0.15, 0.2) is 0 Å². The fourth-order valence-corrected chi connectivity index (χ4v) is 2.49. The molecule has 1 heterocycles. The molecule has 1 amide bonds. The fraction of sp³-hybridized carbons (Fsp3) is 0.929. The van der Waals surface area contributed by atoms with Crippen molar-refractivity contribution in [2.75, 3.05) is 26.2 Å². The molecular formula is C14H26N2O3. The largest absolute Gasteiger partial charge is 0.444 e. The average molecular weight is 270 g/mol. The summed E-state index contributed by atoms with van der Waals surface area (Å²) in [5.41, 5.74) is 5.64. The van der Waals surface area contributed by atoms with Crippen LogP contribution in [0.25, 0.3) is 0 Å². The summed E-state index contributed by atoms with van der Waals surface area (Å²) in [5.74, 6) is 0. The number of hydrogen-bond acceptors (Lipinski definition) is 4. The van der Waals surface area contributed by atoms with Crippen LogP contribution >= 0.6 is 0 Å². The monoisotopic (exact) mass is 270 g/mol. The molecule has 2 N–H and O–H groups in total. The van der Waals surface area contributed by atoms with Gasteiger partial charge in [-0.15, -0.1) is 0 Å². The van der Waals surface area contributed by atoms with Crippen LogP contribution in [0.3, 0.4) is 0 Å². The summed E-state index contributed by atoms with van der Waals surface area (Å²) >= 11 is 0. The minimum atomic E-state index is -0.445. The van der Waals surface area contributed by atoms with Gasteiger partial charge in [0.05, 0.1) is 19.3 Å². The van der Waals surface area contributed by atoms with E-state index < -0.39 is 5.60 Å². The van der Waals surface area contributed by atoms with E-state index in [1.54, 1.807) is 4.90 Å². The van der Waals surface area contributed by atoms with Crippen LogP contribution in [0.2, 0.25) is 0 Å². The lowest BCUT2D eigenvalue weighted by Gasteiger charge is -2.35. The topological polar surface area (TPSA) is 64.8 Å². The van der Waals surface area contributed by atoms with Crippen LogP contribution in [-0.4, -0.2) is 48.9 Å². The van der Waals surface area contributed by atoms with Crippen LogP contribution in [0, 0.1) is 5.41 Å². The highest BCUT2D eigenvalue weighted by molar-refractivity contribution is 5.68. The molecule has 1 aliphatic carbocycles. The van der Waals surface area contributed by atoms with Gasteiger partial charge in [-0.2, -0.15) is 0 Å². The van der Waals surface area contributed by atoms with Gasteiger partial charge in [-0.3, -0.25) is 0 Å². The number of rotatable bonds is 3. The number of morpholine rings is 1. The number of carbonyl (C=O) groups is 1. The van der Waals surface area contributed by atoms with Gasteiger partial charge in [0, 0.05) is 6.54 Å². The normalized spacial score (nSPS) is 26.1. The van der Waals surface area contributed by atoms with E-state index in [4.69, 9.17) is 15.2 Å². The molecule has 19 heavy (non-hydrogen) atoms. The number of ether oxygens (including phenoxy) is 2. The van der Waals surface area contributed by atoms with E-state index in [1.807, 2.05) is 20.8 Å². The lowest BCUT2D eigenvalue weighted by molar-refractivity contribution is -0.0507. The van der Waals surface area contributed by atoms with Crippen molar-refractivity contribution in [1.29, 1.82) is 0 Å². The molecule has 5 nitrogen and oxygen atoms in total. The number of amides is 1. The van der Waals surface area contributed by atoms with Crippen molar-refractivity contribution in [3.05, 3.63) is 0 Å².